The van der Waals surface area contributed by atoms with Crippen molar-refractivity contribution >= 4 is 27.7 Å². The number of rotatable bonds is 6. The predicted molar refractivity (Wildman–Crippen MR) is 91.5 cm³/mol. The fourth-order valence-corrected chi connectivity index (χ4v) is 2.54. The van der Waals surface area contributed by atoms with E-state index in [1.165, 1.54) is 0 Å². The van der Waals surface area contributed by atoms with Crippen molar-refractivity contribution < 1.29 is 14.1 Å². The van der Waals surface area contributed by atoms with Gasteiger partial charge in [-0.3, -0.25) is 9.69 Å². The lowest BCUT2D eigenvalue weighted by atomic mass is 10.1. The number of halogens is 1. The molecule has 0 aliphatic carbocycles. The maximum atomic E-state index is 12.3. The highest BCUT2D eigenvalue weighted by Crippen LogP contribution is 2.24. The first-order chi connectivity index (χ1) is 10.9. The van der Waals surface area contributed by atoms with E-state index >= 15 is 0 Å². The number of hydrogen-bond acceptors (Lipinski definition) is 5. The van der Waals surface area contributed by atoms with Crippen LogP contribution in [-0.2, 0) is 11.3 Å². The van der Waals surface area contributed by atoms with Gasteiger partial charge in [0.25, 0.3) is 0 Å². The summed E-state index contributed by atoms with van der Waals surface area (Å²) in [6.45, 7) is 4.19. The van der Waals surface area contributed by atoms with Gasteiger partial charge in [0, 0.05) is 22.6 Å². The monoisotopic (exact) mass is 381 g/mol. The summed E-state index contributed by atoms with van der Waals surface area (Å²) in [5, 5.41) is 6.51. The number of ether oxygens (including phenoxy) is 1. The summed E-state index contributed by atoms with van der Waals surface area (Å²) < 4.78 is 11.3. The first-order valence-electron chi connectivity index (χ1n) is 7.17. The van der Waals surface area contributed by atoms with E-state index in [0.717, 1.165) is 15.8 Å². The summed E-state index contributed by atoms with van der Waals surface area (Å²) in [6.07, 6.45) is 0. The highest BCUT2D eigenvalue weighted by molar-refractivity contribution is 9.10. The quantitative estimate of drug-likeness (QED) is 0.831. The molecule has 7 heteroatoms. The third kappa shape index (κ3) is 4.56. The molecule has 1 aromatic carbocycles. The summed E-state index contributed by atoms with van der Waals surface area (Å²) in [4.78, 5) is 14.2. The number of nitrogens with zero attached hydrogens (tertiary/aromatic N) is 2. The van der Waals surface area contributed by atoms with Crippen molar-refractivity contribution in [3.05, 3.63) is 40.1 Å². The Bertz CT molecular complexity index is 687. The van der Waals surface area contributed by atoms with Gasteiger partial charge in [-0.25, -0.2) is 0 Å². The van der Waals surface area contributed by atoms with Crippen LogP contribution in [0.2, 0.25) is 0 Å². The molecule has 0 aliphatic heterocycles. The molecule has 0 spiro atoms. The zero-order chi connectivity index (χ0) is 17.0. The number of carbonyl (C=O) groups excluding carboxylic acids is 1. The SMILES string of the molecule is COc1ccc(Br)cc1CN(C)[C@@H](C)C(=O)Nc1cc(C)on1. The molecule has 0 fully saturated rings. The summed E-state index contributed by atoms with van der Waals surface area (Å²) in [5.74, 6) is 1.72. The number of likely N-dealkylation sites (N-methyl/N-ethyl adjacent to an activating group) is 1. The predicted octanol–water partition coefficient (Wildman–Crippen LogP) is 3.21. The standard InChI is InChI=1S/C16H20BrN3O3/c1-10-7-15(19-23-10)18-16(21)11(2)20(3)9-12-8-13(17)5-6-14(12)22-4/h5-8,11H,9H2,1-4H3,(H,18,19,21)/t11-/m0/s1. The summed E-state index contributed by atoms with van der Waals surface area (Å²) >= 11 is 3.46. The van der Waals surface area contributed by atoms with Crippen LogP contribution in [0.3, 0.4) is 0 Å². The van der Waals surface area contributed by atoms with Crippen LogP contribution in [0.25, 0.3) is 0 Å². The molecule has 2 rings (SSSR count). The molecule has 0 aliphatic rings. The number of nitrogens with one attached hydrogen (secondary N) is 1. The Morgan fingerprint density at radius 1 is 1.48 bits per heavy atom. The molecule has 1 N–H and O–H groups in total. The zero-order valence-electron chi connectivity index (χ0n) is 13.6. The van der Waals surface area contributed by atoms with E-state index in [1.54, 1.807) is 20.1 Å². The summed E-state index contributed by atoms with van der Waals surface area (Å²) in [5.41, 5.74) is 1.00. The number of carbonyl (C=O) groups is 1. The van der Waals surface area contributed by atoms with E-state index in [-0.39, 0.29) is 11.9 Å². The molecular formula is C16H20BrN3O3. The summed E-state index contributed by atoms with van der Waals surface area (Å²) in [6, 6.07) is 7.15. The molecule has 0 saturated carbocycles. The van der Waals surface area contributed by atoms with Crippen LogP contribution in [0.15, 0.2) is 33.3 Å². The molecule has 2 aromatic rings. The third-order valence-corrected chi connectivity index (χ3v) is 4.08. The van der Waals surface area contributed by atoms with Crippen molar-refractivity contribution in [2.45, 2.75) is 26.4 Å². The Morgan fingerprint density at radius 3 is 2.83 bits per heavy atom. The van der Waals surface area contributed by atoms with Gasteiger partial charge in [0.1, 0.15) is 11.5 Å². The number of aromatic nitrogens is 1. The van der Waals surface area contributed by atoms with E-state index in [1.807, 2.05) is 37.1 Å². The Morgan fingerprint density at radius 2 is 2.22 bits per heavy atom. The molecule has 6 nitrogen and oxygen atoms in total. The minimum atomic E-state index is -0.337. The van der Waals surface area contributed by atoms with Gasteiger partial charge in [-0.05, 0) is 39.1 Å². The van der Waals surface area contributed by atoms with Crippen LogP contribution < -0.4 is 10.1 Å². The highest BCUT2D eigenvalue weighted by Gasteiger charge is 2.20. The molecule has 1 aromatic heterocycles. The fraction of sp³-hybridized carbons (Fsp3) is 0.375. The van der Waals surface area contributed by atoms with Gasteiger partial charge in [-0.15, -0.1) is 0 Å². The largest absolute Gasteiger partial charge is 0.496 e. The number of hydrogen-bond donors (Lipinski definition) is 1. The molecular weight excluding hydrogens is 362 g/mol. The lowest BCUT2D eigenvalue weighted by Crippen LogP contribution is -2.39. The lowest BCUT2D eigenvalue weighted by Gasteiger charge is -2.24. The number of aryl methyl sites for hydroxylation is 1. The van der Waals surface area contributed by atoms with Crippen molar-refractivity contribution in [1.82, 2.24) is 10.1 Å². The minimum Gasteiger partial charge on any atom is -0.496 e. The first kappa shape index (κ1) is 17.5. The normalized spacial score (nSPS) is 12.3. The topological polar surface area (TPSA) is 67.6 Å². The maximum absolute atomic E-state index is 12.3. The molecule has 0 unspecified atom stereocenters. The van der Waals surface area contributed by atoms with Gasteiger partial charge < -0.3 is 14.6 Å². The van der Waals surface area contributed by atoms with E-state index < -0.39 is 0 Å². The Balaban J connectivity index is 2.03. The lowest BCUT2D eigenvalue weighted by molar-refractivity contribution is -0.120. The van der Waals surface area contributed by atoms with Crippen LogP contribution in [-0.4, -0.2) is 36.2 Å². The Hall–Kier alpha value is -1.86. The van der Waals surface area contributed by atoms with Gasteiger partial charge in [0.15, 0.2) is 5.82 Å². The average Bonchev–Trinajstić information content (AvgIpc) is 2.91. The average molecular weight is 382 g/mol. The van der Waals surface area contributed by atoms with Crippen molar-refractivity contribution in [3.63, 3.8) is 0 Å². The Labute approximate surface area is 143 Å². The molecule has 1 amide bonds. The second kappa shape index (κ2) is 7.61. The van der Waals surface area contributed by atoms with Gasteiger partial charge in [0.05, 0.1) is 13.2 Å². The first-order valence-corrected chi connectivity index (χ1v) is 7.97. The summed E-state index contributed by atoms with van der Waals surface area (Å²) in [7, 11) is 3.52. The number of methoxy groups -OCH3 is 1. The molecule has 1 atom stereocenters. The van der Waals surface area contributed by atoms with Gasteiger partial charge in [0.2, 0.25) is 5.91 Å². The molecule has 23 heavy (non-hydrogen) atoms. The second-order valence-corrected chi connectivity index (χ2v) is 6.27. The molecule has 0 saturated heterocycles. The van der Waals surface area contributed by atoms with Crippen LogP contribution >= 0.6 is 15.9 Å². The smallest absolute Gasteiger partial charge is 0.242 e. The van der Waals surface area contributed by atoms with E-state index in [0.29, 0.717) is 18.1 Å². The molecule has 1 heterocycles. The van der Waals surface area contributed by atoms with Crippen molar-refractivity contribution in [2.75, 3.05) is 19.5 Å². The third-order valence-electron chi connectivity index (χ3n) is 3.58. The van der Waals surface area contributed by atoms with Crippen LogP contribution in [0, 0.1) is 6.92 Å². The van der Waals surface area contributed by atoms with Crippen LogP contribution in [0.1, 0.15) is 18.2 Å². The van der Waals surface area contributed by atoms with E-state index in [4.69, 9.17) is 9.26 Å². The molecule has 124 valence electrons. The second-order valence-electron chi connectivity index (χ2n) is 5.36. The number of anilines is 1. The van der Waals surface area contributed by atoms with Crippen molar-refractivity contribution in [2.24, 2.45) is 0 Å². The fourth-order valence-electron chi connectivity index (χ4n) is 2.13. The molecule has 0 radical (unpaired) electrons. The van der Waals surface area contributed by atoms with Crippen LogP contribution in [0.4, 0.5) is 5.82 Å². The minimum absolute atomic E-state index is 0.144. The van der Waals surface area contributed by atoms with Crippen molar-refractivity contribution in [1.29, 1.82) is 0 Å². The van der Waals surface area contributed by atoms with Crippen LogP contribution in [0.5, 0.6) is 5.75 Å². The van der Waals surface area contributed by atoms with Gasteiger partial charge >= 0.3 is 0 Å². The Kier molecular flexibility index (Phi) is 5.79. The molecule has 0 bridgehead atoms. The van der Waals surface area contributed by atoms with Gasteiger partial charge in [-0.1, -0.05) is 21.1 Å². The maximum Gasteiger partial charge on any atom is 0.242 e. The number of benzene rings is 1. The van der Waals surface area contributed by atoms with E-state index in [2.05, 4.69) is 26.4 Å². The van der Waals surface area contributed by atoms with Crippen molar-refractivity contribution in [3.8, 4) is 5.75 Å². The zero-order valence-corrected chi connectivity index (χ0v) is 15.2. The highest BCUT2D eigenvalue weighted by atomic mass is 79.9. The van der Waals surface area contributed by atoms with Gasteiger partial charge in [-0.2, -0.15) is 0 Å². The number of amides is 1. The van der Waals surface area contributed by atoms with E-state index in [9.17, 15) is 4.79 Å².